The molecule has 0 aliphatic rings. The van der Waals surface area contributed by atoms with Gasteiger partial charge < -0.3 is 14.6 Å². The molecule has 0 radical (unpaired) electrons. The lowest BCUT2D eigenvalue weighted by Crippen LogP contribution is -2.31. The van der Waals surface area contributed by atoms with Gasteiger partial charge in [0.25, 0.3) is 0 Å². The summed E-state index contributed by atoms with van der Waals surface area (Å²) in [6.07, 6.45) is 2.79. The summed E-state index contributed by atoms with van der Waals surface area (Å²) >= 11 is 0. The van der Waals surface area contributed by atoms with Crippen LogP contribution < -0.4 is 0 Å². The summed E-state index contributed by atoms with van der Waals surface area (Å²) in [5.41, 5.74) is 0. The molecule has 0 bridgehead atoms. The molecule has 0 fully saturated rings. The van der Waals surface area contributed by atoms with Crippen molar-refractivity contribution in [3.05, 3.63) is 12.7 Å². The fraction of sp³-hybridized carbons (Fsp3) is 0.818. The molecule has 14 heavy (non-hydrogen) atoms. The van der Waals surface area contributed by atoms with E-state index in [2.05, 4.69) is 13.5 Å². The van der Waals surface area contributed by atoms with Gasteiger partial charge in [-0.05, 0) is 12.3 Å². The molecule has 0 aromatic rings. The molecule has 0 aromatic heterocycles. The Morgan fingerprint density at radius 1 is 1.36 bits per heavy atom. The molecule has 0 aromatic carbocycles. The van der Waals surface area contributed by atoms with Crippen LogP contribution in [0.25, 0.3) is 0 Å². The van der Waals surface area contributed by atoms with Crippen molar-refractivity contribution in [3.63, 3.8) is 0 Å². The van der Waals surface area contributed by atoms with E-state index < -0.39 is 0 Å². The normalized spacial score (nSPS) is 17.4. The standard InChI is InChI=1S/C11H22O3/c1-5-6-9(2)11(10(3)7-12)14-8-13-4/h5,9-12H,1,6-8H2,2-4H3/t9-,10+,11+/m0/s1. The first-order chi connectivity index (χ1) is 6.67. The number of methoxy groups -OCH3 is 1. The zero-order chi connectivity index (χ0) is 11.0. The third-order valence-electron chi connectivity index (χ3n) is 2.33. The third kappa shape index (κ3) is 4.74. The summed E-state index contributed by atoms with van der Waals surface area (Å²) in [7, 11) is 1.60. The van der Waals surface area contributed by atoms with E-state index in [1.165, 1.54) is 0 Å². The van der Waals surface area contributed by atoms with Gasteiger partial charge in [-0.2, -0.15) is 0 Å². The Kier molecular flexibility index (Phi) is 7.76. The summed E-state index contributed by atoms with van der Waals surface area (Å²) in [6, 6.07) is 0. The lowest BCUT2D eigenvalue weighted by molar-refractivity contribution is -0.113. The number of aliphatic hydroxyl groups is 1. The first-order valence-electron chi connectivity index (χ1n) is 4.99. The van der Waals surface area contributed by atoms with Crippen molar-refractivity contribution in [1.29, 1.82) is 0 Å². The Morgan fingerprint density at radius 2 is 2.00 bits per heavy atom. The van der Waals surface area contributed by atoms with Gasteiger partial charge in [0.15, 0.2) is 0 Å². The molecule has 3 atom stereocenters. The first kappa shape index (κ1) is 13.6. The van der Waals surface area contributed by atoms with Crippen molar-refractivity contribution < 1.29 is 14.6 Å². The van der Waals surface area contributed by atoms with Crippen LogP contribution in [-0.2, 0) is 9.47 Å². The third-order valence-corrected chi connectivity index (χ3v) is 2.33. The Morgan fingerprint density at radius 3 is 2.43 bits per heavy atom. The van der Waals surface area contributed by atoms with Crippen LogP contribution in [0.4, 0.5) is 0 Å². The number of allylic oxidation sites excluding steroid dienone is 1. The van der Waals surface area contributed by atoms with Gasteiger partial charge >= 0.3 is 0 Å². The number of rotatable bonds is 8. The molecule has 0 aliphatic carbocycles. The molecule has 1 N–H and O–H groups in total. The summed E-state index contributed by atoms with van der Waals surface area (Å²) in [5, 5.41) is 9.07. The lowest BCUT2D eigenvalue weighted by atomic mass is 9.91. The number of aliphatic hydroxyl groups excluding tert-OH is 1. The van der Waals surface area contributed by atoms with Crippen molar-refractivity contribution in [2.45, 2.75) is 26.4 Å². The van der Waals surface area contributed by atoms with Gasteiger partial charge in [-0.1, -0.05) is 19.9 Å². The minimum atomic E-state index is 0.0259. The predicted molar refractivity (Wildman–Crippen MR) is 57.0 cm³/mol. The first-order valence-corrected chi connectivity index (χ1v) is 4.99. The maximum Gasteiger partial charge on any atom is 0.146 e. The van der Waals surface area contributed by atoms with E-state index in [0.717, 1.165) is 6.42 Å². The van der Waals surface area contributed by atoms with E-state index in [0.29, 0.717) is 5.92 Å². The second-order valence-electron chi connectivity index (χ2n) is 3.70. The van der Waals surface area contributed by atoms with Crippen LogP contribution in [0.1, 0.15) is 20.3 Å². The smallest absolute Gasteiger partial charge is 0.146 e. The molecule has 0 saturated heterocycles. The van der Waals surface area contributed by atoms with E-state index in [1.54, 1.807) is 7.11 Å². The Labute approximate surface area is 86.7 Å². The van der Waals surface area contributed by atoms with Crippen LogP contribution in [0.15, 0.2) is 12.7 Å². The molecule has 0 amide bonds. The zero-order valence-electron chi connectivity index (χ0n) is 9.40. The highest BCUT2D eigenvalue weighted by atomic mass is 16.7. The molecule has 0 saturated carbocycles. The number of hydrogen-bond acceptors (Lipinski definition) is 3. The topological polar surface area (TPSA) is 38.7 Å². The molecule has 3 heteroatoms. The van der Waals surface area contributed by atoms with Crippen LogP contribution >= 0.6 is 0 Å². The van der Waals surface area contributed by atoms with Crippen molar-refractivity contribution in [3.8, 4) is 0 Å². The Hall–Kier alpha value is -0.380. The summed E-state index contributed by atoms with van der Waals surface area (Å²) in [6.45, 7) is 8.17. The quantitative estimate of drug-likeness (QED) is 0.482. The van der Waals surface area contributed by atoms with E-state index in [4.69, 9.17) is 14.6 Å². The second kappa shape index (κ2) is 7.97. The predicted octanol–water partition coefficient (Wildman–Crippen LogP) is 1.82. The van der Waals surface area contributed by atoms with Gasteiger partial charge in [0.1, 0.15) is 6.79 Å². The van der Waals surface area contributed by atoms with E-state index in [9.17, 15) is 0 Å². The lowest BCUT2D eigenvalue weighted by Gasteiger charge is -2.27. The molecular formula is C11H22O3. The Bertz CT molecular complexity index is 147. The average molecular weight is 202 g/mol. The van der Waals surface area contributed by atoms with Crippen LogP contribution in [-0.4, -0.2) is 31.7 Å². The van der Waals surface area contributed by atoms with E-state index in [-0.39, 0.29) is 25.4 Å². The number of ether oxygens (including phenoxy) is 2. The van der Waals surface area contributed by atoms with Crippen molar-refractivity contribution in [1.82, 2.24) is 0 Å². The summed E-state index contributed by atoms with van der Waals surface area (Å²) in [4.78, 5) is 0. The molecular weight excluding hydrogens is 180 g/mol. The highest BCUT2D eigenvalue weighted by molar-refractivity contribution is 4.79. The number of hydrogen-bond donors (Lipinski definition) is 1. The van der Waals surface area contributed by atoms with Gasteiger partial charge in [-0.3, -0.25) is 0 Å². The van der Waals surface area contributed by atoms with Crippen molar-refractivity contribution in [2.75, 3.05) is 20.5 Å². The molecule has 0 rings (SSSR count). The van der Waals surface area contributed by atoms with E-state index >= 15 is 0 Å². The minimum absolute atomic E-state index is 0.0259. The fourth-order valence-corrected chi connectivity index (χ4v) is 1.54. The molecule has 0 heterocycles. The Balaban J connectivity index is 4.13. The molecule has 0 unspecified atom stereocenters. The van der Waals surface area contributed by atoms with Crippen molar-refractivity contribution in [2.24, 2.45) is 11.8 Å². The van der Waals surface area contributed by atoms with Crippen molar-refractivity contribution >= 4 is 0 Å². The monoisotopic (exact) mass is 202 g/mol. The van der Waals surface area contributed by atoms with Crippen LogP contribution in [0.5, 0.6) is 0 Å². The van der Waals surface area contributed by atoms with Gasteiger partial charge in [0, 0.05) is 19.6 Å². The SMILES string of the molecule is C=CC[C@H](C)[C@@H](OCOC)[C@H](C)CO. The zero-order valence-corrected chi connectivity index (χ0v) is 9.40. The van der Waals surface area contributed by atoms with E-state index in [1.807, 2.05) is 13.0 Å². The molecule has 3 nitrogen and oxygen atoms in total. The highest BCUT2D eigenvalue weighted by Crippen LogP contribution is 2.20. The van der Waals surface area contributed by atoms with Gasteiger partial charge in [0.2, 0.25) is 0 Å². The van der Waals surface area contributed by atoms with Gasteiger partial charge in [-0.25, -0.2) is 0 Å². The summed E-state index contributed by atoms with van der Waals surface area (Å²) in [5.74, 6) is 0.477. The molecule has 0 aliphatic heterocycles. The maximum atomic E-state index is 9.07. The van der Waals surface area contributed by atoms with Crippen LogP contribution in [0.3, 0.4) is 0 Å². The molecule has 84 valence electrons. The second-order valence-corrected chi connectivity index (χ2v) is 3.70. The van der Waals surface area contributed by atoms with Gasteiger partial charge in [-0.15, -0.1) is 6.58 Å². The highest BCUT2D eigenvalue weighted by Gasteiger charge is 2.23. The fourth-order valence-electron chi connectivity index (χ4n) is 1.54. The minimum Gasteiger partial charge on any atom is -0.396 e. The largest absolute Gasteiger partial charge is 0.396 e. The molecule has 0 spiro atoms. The van der Waals surface area contributed by atoms with Gasteiger partial charge in [0.05, 0.1) is 6.10 Å². The summed E-state index contributed by atoms with van der Waals surface area (Å²) < 4.78 is 10.4. The average Bonchev–Trinajstić information content (AvgIpc) is 2.18. The van der Waals surface area contributed by atoms with Crippen LogP contribution in [0.2, 0.25) is 0 Å². The maximum absolute atomic E-state index is 9.07. The van der Waals surface area contributed by atoms with Crippen LogP contribution in [0, 0.1) is 11.8 Å².